The van der Waals surface area contributed by atoms with Crippen LogP contribution in [0.1, 0.15) is 0 Å². The highest BCUT2D eigenvalue weighted by Crippen LogP contribution is 2.32. The predicted octanol–water partition coefficient (Wildman–Crippen LogP) is 1.22. The highest BCUT2D eigenvalue weighted by atomic mass is 32.2. The van der Waals surface area contributed by atoms with E-state index in [-0.39, 0.29) is 16.8 Å². The Morgan fingerprint density at radius 3 is 2.18 bits per heavy atom. The van der Waals surface area contributed by atoms with Crippen molar-refractivity contribution in [2.45, 2.75) is 4.90 Å². The molecule has 1 aliphatic heterocycles. The summed E-state index contributed by atoms with van der Waals surface area (Å²) < 4.78 is 31.4. The molecule has 0 saturated heterocycles. The van der Waals surface area contributed by atoms with E-state index in [9.17, 15) is 23.1 Å². The number of rotatable bonds is 2. The van der Waals surface area contributed by atoms with Crippen molar-refractivity contribution in [1.29, 1.82) is 0 Å². The quantitative estimate of drug-likeness (QED) is 0.636. The second-order valence-electron chi connectivity index (χ2n) is 4.67. The molecule has 2 aromatic rings. The molecule has 0 saturated carbocycles. The minimum absolute atomic E-state index is 0.236. The number of amides is 2. The zero-order valence-electron chi connectivity index (χ0n) is 10.9. The largest absolute Gasteiger partial charge is 0.507 e. The van der Waals surface area contributed by atoms with Crippen LogP contribution in [0, 0.1) is 0 Å². The molecule has 2 amide bonds. The highest BCUT2D eigenvalue weighted by Gasteiger charge is 2.25. The van der Waals surface area contributed by atoms with Gasteiger partial charge in [0, 0.05) is 23.6 Å². The third-order valence-electron chi connectivity index (χ3n) is 3.25. The van der Waals surface area contributed by atoms with Crippen LogP contribution in [-0.2, 0) is 19.7 Å². The van der Waals surface area contributed by atoms with E-state index < -0.39 is 26.8 Å². The van der Waals surface area contributed by atoms with E-state index in [0.717, 1.165) is 29.2 Å². The summed E-state index contributed by atoms with van der Waals surface area (Å²) in [4.78, 5) is 23.7. The van der Waals surface area contributed by atoms with Gasteiger partial charge in [0.1, 0.15) is 5.75 Å². The Hall–Kier alpha value is -2.71. The standard InChI is InChI=1S/C14H9NO6S/c16-12-7-10(22(19,20)21)6-8-5-9(1-2-11(8)12)15-13(17)3-4-14(15)18/h1-7,16H,(H,19,20,21). The number of hydrogen-bond acceptors (Lipinski definition) is 5. The zero-order valence-corrected chi connectivity index (χ0v) is 11.7. The fraction of sp³-hybridized carbons (Fsp3) is 0. The molecular formula is C14H9NO6S. The van der Waals surface area contributed by atoms with Gasteiger partial charge < -0.3 is 5.11 Å². The van der Waals surface area contributed by atoms with E-state index in [1.807, 2.05) is 0 Å². The molecular weight excluding hydrogens is 310 g/mol. The number of imide groups is 1. The van der Waals surface area contributed by atoms with E-state index in [4.69, 9.17) is 4.55 Å². The van der Waals surface area contributed by atoms with Crippen LogP contribution in [0.25, 0.3) is 10.8 Å². The smallest absolute Gasteiger partial charge is 0.294 e. The Balaban J connectivity index is 2.21. The molecule has 0 fully saturated rings. The second kappa shape index (κ2) is 4.65. The first-order valence-electron chi connectivity index (χ1n) is 6.08. The van der Waals surface area contributed by atoms with Crippen LogP contribution in [0.3, 0.4) is 0 Å². The van der Waals surface area contributed by atoms with Gasteiger partial charge in [0.05, 0.1) is 10.6 Å². The van der Waals surface area contributed by atoms with Crippen molar-refractivity contribution in [2.75, 3.05) is 4.90 Å². The second-order valence-corrected chi connectivity index (χ2v) is 6.09. The molecule has 0 aliphatic carbocycles. The van der Waals surface area contributed by atoms with Gasteiger partial charge in [-0.15, -0.1) is 0 Å². The van der Waals surface area contributed by atoms with Crippen LogP contribution in [0.4, 0.5) is 5.69 Å². The first-order valence-corrected chi connectivity index (χ1v) is 7.52. The maximum Gasteiger partial charge on any atom is 0.294 e. The Kier molecular flexibility index (Phi) is 3.01. The molecule has 1 aliphatic rings. The Bertz CT molecular complexity index is 943. The van der Waals surface area contributed by atoms with Crippen LogP contribution < -0.4 is 4.90 Å². The van der Waals surface area contributed by atoms with Gasteiger partial charge in [0.15, 0.2) is 0 Å². The van der Waals surface area contributed by atoms with Crippen LogP contribution in [-0.4, -0.2) is 29.9 Å². The number of phenolic OH excluding ortho intramolecular Hbond substituents is 1. The first-order chi connectivity index (χ1) is 10.3. The van der Waals surface area contributed by atoms with Crippen molar-refractivity contribution in [3.63, 3.8) is 0 Å². The number of carbonyl (C=O) groups is 2. The van der Waals surface area contributed by atoms with Crippen molar-refractivity contribution in [3.05, 3.63) is 42.5 Å². The molecule has 112 valence electrons. The normalized spacial score (nSPS) is 15.0. The Morgan fingerprint density at radius 2 is 1.59 bits per heavy atom. The fourth-order valence-electron chi connectivity index (χ4n) is 2.25. The lowest BCUT2D eigenvalue weighted by Gasteiger charge is -2.15. The average Bonchev–Trinajstić information content (AvgIpc) is 2.76. The van der Waals surface area contributed by atoms with E-state index >= 15 is 0 Å². The third-order valence-corrected chi connectivity index (χ3v) is 4.08. The maximum absolute atomic E-state index is 11.6. The number of fused-ring (bicyclic) bond motifs is 1. The minimum Gasteiger partial charge on any atom is -0.507 e. The van der Waals surface area contributed by atoms with Crippen LogP contribution in [0.15, 0.2) is 47.4 Å². The molecule has 1 heterocycles. The number of anilines is 1. The zero-order chi connectivity index (χ0) is 16.1. The van der Waals surface area contributed by atoms with Crippen LogP contribution >= 0.6 is 0 Å². The molecule has 0 aromatic heterocycles. The molecule has 0 unspecified atom stereocenters. The summed E-state index contributed by atoms with van der Waals surface area (Å²) >= 11 is 0. The van der Waals surface area contributed by atoms with E-state index in [0.29, 0.717) is 5.39 Å². The Morgan fingerprint density at radius 1 is 0.955 bits per heavy atom. The van der Waals surface area contributed by atoms with Crippen molar-refractivity contribution < 1.29 is 27.7 Å². The van der Waals surface area contributed by atoms with Gasteiger partial charge in [0.25, 0.3) is 21.9 Å². The lowest BCUT2D eigenvalue weighted by molar-refractivity contribution is -0.119. The van der Waals surface area contributed by atoms with Crippen molar-refractivity contribution in [1.82, 2.24) is 0 Å². The summed E-state index contributed by atoms with van der Waals surface area (Å²) in [5.74, 6) is -1.37. The summed E-state index contributed by atoms with van der Waals surface area (Å²) in [5.41, 5.74) is 0.236. The van der Waals surface area contributed by atoms with Crippen molar-refractivity contribution in [3.8, 4) is 5.75 Å². The number of nitrogens with zero attached hydrogens (tertiary/aromatic N) is 1. The number of aromatic hydroxyl groups is 1. The fourth-order valence-corrected chi connectivity index (χ4v) is 2.79. The van der Waals surface area contributed by atoms with Gasteiger partial charge in [0.2, 0.25) is 0 Å². The monoisotopic (exact) mass is 319 g/mol. The van der Waals surface area contributed by atoms with Crippen LogP contribution in [0.5, 0.6) is 5.75 Å². The van der Waals surface area contributed by atoms with E-state index in [1.165, 1.54) is 18.2 Å². The van der Waals surface area contributed by atoms with Gasteiger partial charge in [-0.2, -0.15) is 8.42 Å². The molecule has 0 radical (unpaired) electrons. The number of benzene rings is 2. The van der Waals surface area contributed by atoms with Gasteiger partial charge in [-0.1, -0.05) is 0 Å². The first kappa shape index (κ1) is 14.2. The van der Waals surface area contributed by atoms with Gasteiger partial charge in [-0.3, -0.25) is 14.1 Å². The number of carbonyl (C=O) groups excluding carboxylic acids is 2. The predicted molar refractivity (Wildman–Crippen MR) is 77.1 cm³/mol. The van der Waals surface area contributed by atoms with Gasteiger partial charge in [-0.05, 0) is 29.7 Å². The average molecular weight is 319 g/mol. The number of hydrogen-bond donors (Lipinski definition) is 2. The summed E-state index contributed by atoms with van der Waals surface area (Å²) in [5, 5.41) is 10.4. The van der Waals surface area contributed by atoms with E-state index in [2.05, 4.69) is 0 Å². The summed E-state index contributed by atoms with van der Waals surface area (Å²) in [7, 11) is -4.49. The molecule has 2 N–H and O–H groups in total. The molecule has 22 heavy (non-hydrogen) atoms. The summed E-state index contributed by atoms with van der Waals surface area (Å²) in [6, 6.07) is 6.36. The van der Waals surface area contributed by atoms with Gasteiger partial charge >= 0.3 is 0 Å². The maximum atomic E-state index is 11.6. The van der Waals surface area contributed by atoms with E-state index in [1.54, 1.807) is 0 Å². The lowest BCUT2D eigenvalue weighted by Crippen LogP contribution is -2.29. The van der Waals surface area contributed by atoms with Crippen LogP contribution in [0.2, 0.25) is 0 Å². The highest BCUT2D eigenvalue weighted by molar-refractivity contribution is 7.85. The van der Waals surface area contributed by atoms with Crippen molar-refractivity contribution in [2.24, 2.45) is 0 Å². The molecule has 3 rings (SSSR count). The SMILES string of the molecule is O=C1C=CC(=O)N1c1ccc2c(O)cc(S(=O)(=O)O)cc2c1. The molecule has 0 bridgehead atoms. The Labute approximate surface area is 124 Å². The molecule has 0 spiro atoms. The summed E-state index contributed by atoms with van der Waals surface area (Å²) in [6.45, 7) is 0. The molecule has 7 nitrogen and oxygen atoms in total. The minimum atomic E-state index is -4.49. The summed E-state index contributed by atoms with van der Waals surface area (Å²) in [6.07, 6.45) is 2.25. The molecule has 0 atom stereocenters. The molecule has 2 aromatic carbocycles. The van der Waals surface area contributed by atoms with Gasteiger partial charge in [-0.25, -0.2) is 4.90 Å². The topological polar surface area (TPSA) is 112 Å². The lowest BCUT2D eigenvalue weighted by atomic mass is 10.1. The molecule has 8 heteroatoms. The third kappa shape index (κ3) is 2.24. The number of phenols is 1. The van der Waals surface area contributed by atoms with Crippen molar-refractivity contribution >= 4 is 38.4 Å².